The van der Waals surface area contributed by atoms with Crippen molar-refractivity contribution < 1.29 is 138 Å². The summed E-state index contributed by atoms with van der Waals surface area (Å²) in [7, 11) is -26.9. The molecule has 20 radical (unpaired) electrons. The summed E-state index contributed by atoms with van der Waals surface area (Å²) >= 11 is 0. The van der Waals surface area contributed by atoms with Gasteiger partial charge < -0.3 is 17.1 Å². The molecule has 0 N–H and O–H groups in total. The van der Waals surface area contributed by atoms with Gasteiger partial charge in [-0.1, -0.05) is 207 Å². The molecular formula is C82H104F12Fe2N4O12S4+4. The van der Waals surface area contributed by atoms with E-state index < -0.39 is 62.1 Å². The van der Waals surface area contributed by atoms with Gasteiger partial charge in [0.15, 0.2) is 53.2 Å². The Morgan fingerprint density at radius 3 is 0.750 bits per heavy atom. The molecule has 4 fully saturated rings. The van der Waals surface area contributed by atoms with Gasteiger partial charge in [0.05, 0.1) is 0 Å². The maximum atomic E-state index is 15.7. The molecule has 644 valence electrons. The molecule has 4 aliphatic rings. The Morgan fingerprint density at radius 1 is 0.319 bits per heavy atom. The van der Waals surface area contributed by atoms with E-state index in [1.165, 1.54) is 180 Å². The SMILES string of the molecule is CCCCCCCCCCC(CCCCCCCC)C[n+]1c(=O)c2cc3cc([C]4[CH][CH][CH][CH]4)oc4c3c3c(cc5cc([C]6[CH][CH][CH][CH]6)oc1c5c23)c(=O)[n+]4CC(CCCCCCCC)CCCCCCCCCC.O=S(=O)([N-]S(=O)(=O)C(F)(F)F)C(F)(F)F.O=S(=O)([N-]S(=O)(=O)C(F)(F)F)C(F)(F)F.[CH]1[CH][CH][CH][CH]1.[CH]1[CH][CH][CH][CH]1.[Fe+2].[Fe+2]. The number of unbranched alkanes of at least 4 members (excludes halogenated alkanes) is 24. The van der Waals surface area contributed by atoms with Gasteiger partial charge >= 0.3 is 78.7 Å². The number of alkyl halides is 12. The summed E-state index contributed by atoms with van der Waals surface area (Å²) in [5.74, 6) is 4.11. The van der Waals surface area contributed by atoms with Gasteiger partial charge in [0.1, 0.15) is 33.1 Å². The number of nitrogens with zero attached hydrogens (tertiary/aromatic N) is 4. The maximum Gasteiger partial charge on any atom is 2.00 e. The number of pyridine rings is 2. The van der Waals surface area contributed by atoms with E-state index in [-0.39, 0.29) is 45.3 Å². The van der Waals surface area contributed by atoms with E-state index in [0.29, 0.717) is 47.1 Å². The second-order valence-electron chi connectivity index (χ2n) is 28.7. The number of hydrogen-bond donors (Lipinski definition) is 0. The van der Waals surface area contributed by atoms with Crippen molar-refractivity contribution in [2.45, 2.75) is 268 Å². The van der Waals surface area contributed by atoms with Gasteiger partial charge in [-0.25, -0.2) is 43.3 Å². The van der Waals surface area contributed by atoms with Crippen LogP contribution in [0.1, 0.15) is 245 Å². The Hall–Kier alpha value is -3.62. The van der Waals surface area contributed by atoms with Crippen molar-refractivity contribution in [2.75, 3.05) is 0 Å². The second-order valence-corrected chi connectivity index (χ2v) is 35.5. The molecule has 2 unspecified atom stereocenters. The van der Waals surface area contributed by atoms with Gasteiger partial charge in [0.25, 0.3) is 0 Å². The van der Waals surface area contributed by atoms with Crippen molar-refractivity contribution in [3.8, 4) is 0 Å². The largest absolute Gasteiger partial charge is 2.00 e. The van der Waals surface area contributed by atoms with Crippen LogP contribution in [0.15, 0.2) is 42.7 Å². The Bertz CT molecular complexity index is 4070. The number of halogens is 12. The van der Waals surface area contributed by atoms with E-state index in [0.717, 1.165) is 89.6 Å². The Balaban J connectivity index is 0.000000546. The van der Waals surface area contributed by atoms with E-state index in [9.17, 15) is 86.4 Å². The number of hydrogen-bond acceptors (Lipinski definition) is 12. The fraction of sp³-hybridized carbons (Fsp3) is 0.537. The van der Waals surface area contributed by atoms with Crippen LogP contribution in [0.25, 0.3) is 62.8 Å². The second kappa shape index (κ2) is 50.2. The van der Waals surface area contributed by atoms with Gasteiger partial charge in [-0.05, 0) is 176 Å². The molecule has 4 heterocycles. The molecule has 6 aromatic rings. The summed E-state index contributed by atoms with van der Waals surface area (Å²) in [6.45, 7) is 10.4. The molecule has 0 bridgehead atoms. The first-order chi connectivity index (χ1) is 53.9. The molecule has 0 saturated heterocycles. The first-order valence-corrected chi connectivity index (χ1v) is 45.0. The molecule has 0 amide bonds. The average molecular weight is 1810 g/mol. The summed E-state index contributed by atoms with van der Waals surface area (Å²) in [4.78, 5) is 31.5. The monoisotopic (exact) mass is 1800 g/mol. The van der Waals surface area contributed by atoms with Gasteiger partial charge in [-0.3, -0.25) is 0 Å². The van der Waals surface area contributed by atoms with Crippen molar-refractivity contribution >= 4 is 94.6 Å². The van der Waals surface area contributed by atoms with Crippen LogP contribution < -0.4 is 20.3 Å². The van der Waals surface area contributed by atoms with Crippen molar-refractivity contribution in [1.82, 2.24) is 0 Å². The fourth-order valence-corrected chi connectivity index (χ4v) is 17.1. The minimum atomic E-state index is -6.72. The summed E-state index contributed by atoms with van der Waals surface area (Å²) in [6, 6.07) is 8.53. The van der Waals surface area contributed by atoms with E-state index in [1.54, 1.807) is 0 Å². The van der Waals surface area contributed by atoms with Crippen LogP contribution in [0.5, 0.6) is 0 Å². The molecule has 10 rings (SSSR count). The molecule has 0 spiro atoms. The standard InChI is InChI=1S/C68H94N2O4.2C5H5.2C2F6NO4S2.2Fe/c1-5-9-13-17-21-23-27-31-39-51(37-29-25-19-15-11-7-3)49-69-65(71)57-45-56-48-60(54-43-35-36-44-54)74-68-62(56)64-58(46-55-47-59(53-41-33-34-42-53)73-67(69)61(55)63(57)64)66(72)70(68)50-52(38-30-26-20-16-12-8-4)40-32-28-24-22-18-14-10-6-2;2*1-2-4-5-3-1;2*3-1(4,5)14(10,11)9-15(12,13)2(6,7)8;;/h33-36,41-48,51-52H,5-32,37-40,49-50H2,1-4H3;2*1-5H;;;;/q+2;;;2*-1;2*+2. The predicted molar refractivity (Wildman–Crippen MR) is 420 cm³/mol. The van der Waals surface area contributed by atoms with E-state index in [1.807, 2.05) is 99.0 Å². The number of rotatable bonds is 42. The zero-order chi connectivity index (χ0) is 84.0. The quantitative estimate of drug-likeness (QED) is 0.00869. The van der Waals surface area contributed by atoms with Crippen molar-refractivity contribution in [1.29, 1.82) is 0 Å². The Labute approximate surface area is 700 Å². The normalized spacial score (nSPS) is 16.1. The van der Waals surface area contributed by atoms with Crippen molar-refractivity contribution in [2.24, 2.45) is 11.8 Å². The zero-order valence-electron chi connectivity index (χ0n) is 65.5. The van der Waals surface area contributed by atoms with E-state index in [2.05, 4.69) is 77.6 Å². The molecule has 4 saturated carbocycles. The molecule has 2 atom stereocenters. The van der Waals surface area contributed by atoms with Crippen LogP contribution in [0.2, 0.25) is 0 Å². The third-order valence-corrected chi connectivity index (χ3v) is 25.1. The van der Waals surface area contributed by atoms with Gasteiger partial charge in [0, 0.05) is 34.4 Å². The molecule has 116 heavy (non-hydrogen) atoms. The van der Waals surface area contributed by atoms with Crippen LogP contribution in [0.3, 0.4) is 0 Å². The number of aromatic nitrogens is 2. The Kier molecular flexibility index (Phi) is 45.3. The molecule has 2 aromatic carbocycles. The summed E-state index contributed by atoms with van der Waals surface area (Å²) in [5, 5.41) is 6.76. The van der Waals surface area contributed by atoms with Gasteiger partial charge in [-0.2, -0.15) is 52.7 Å². The van der Waals surface area contributed by atoms with Crippen LogP contribution in [0, 0.1) is 139 Å². The van der Waals surface area contributed by atoms with Crippen LogP contribution >= 0.6 is 0 Å². The zero-order valence-corrected chi connectivity index (χ0v) is 70.9. The molecule has 0 aliphatic heterocycles. The Morgan fingerprint density at radius 2 is 0.534 bits per heavy atom. The predicted octanol–water partition coefficient (Wildman–Crippen LogP) is 22.3. The molecule has 16 nitrogen and oxygen atoms in total. The fourth-order valence-electron chi connectivity index (χ4n) is 13.7. The van der Waals surface area contributed by atoms with Crippen LogP contribution in [-0.2, 0) is 87.3 Å². The summed E-state index contributed by atoms with van der Waals surface area (Å²) < 4.78 is 237. The smallest absolute Gasteiger partial charge is 0.421 e. The third-order valence-electron chi connectivity index (χ3n) is 19.6. The van der Waals surface area contributed by atoms with Gasteiger partial charge in [-0.15, -0.1) is 9.13 Å². The topological polar surface area (TPSA) is 233 Å². The molecule has 4 aromatic heterocycles. The number of sulfonamides is 4. The van der Waals surface area contributed by atoms with E-state index in [4.69, 9.17) is 8.83 Å². The van der Waals surface area contributed by atoms with Crippen molar-refractivity contribution in [3.63, 3.8) is 0 Å². The number of benzene rings is 2. The van der Waals surface area contributed by atoms with E-state index >= 15 is 9.59 Å². The summed E-state index contributed by atoms with van der Waals surface area (Å²) in [5.41, 5.74) is -23.6. The minimum absolute atomic E-state index is 0. The minimum Gasteiger partial charge on any atom is -0.421 e. The first-order valence-electron chi connectivity index (χ1n) is 39.2. The maximum absolute atomic E-state index is 15.7. The van der Waals surface area contributed by atoms with Crippen LogP contribution in [0.4, 0.5) is 52.7 Å². The third kappa shape index (κ3) is 31.6. The summed E-state index contributed by atoms with van der Waals surface area (Å²) in [6.07, 6.45) is 76.7. The van der Waals surface area contributed by atoms with Crippen molar-refractivity contribution in [3.05, 3.63) is 192 Å². The van der Waals surface area contributed by atoms with Crippen LogP contribution in [-0.4, -0.2) is 55.7 Å². The molecule has 34 heteroatoms. The van der Waals surface area contributed by atoms with Gasteiger partial charge in [0.2, 0.25) is 0 Å². The first kappa shape index (κ1) is 105. The molecule has 4 aliphatic carbocycles. The average Bonchev–Trinajstić information content (AvgIpc) is 0.812. The molecular weight excluding hydrogens is 1700 g/mol.